The molecule has 1 aromatic carbocycles. The number of nitrogens with one attached hydrogen (secondary N) is 1. The summed E-state index contributed by atoms with van der Waals surface area (Å²) in [5.41, 5.74) is 2.08. The van der Waals surface area contributed by atoms with Gasteiger partial charge in [0.15, 0.2) is 0 Å². The molecule has 5 nitrogen and oxygen atoms in total. The highest BCUT2D eigenvalue weighted by atomic mass is 19.1. The van der Waals surface area contributed by atoms with Gasteiger partial charge in [-0.25, -0.2) is 4.98 Å². The third-order valence-electron chi connectivity index (χ3n) is 3.85. The zero-order valence-electron chi connectivity index (χ0n) is 12.6. The predicted octanol–water partition coefficient (Wildman–Crippen LogP) is 2.06. The van der Waals surface area contributed by atoms with Gasteiger partial charge < -0.3 is 10.2 Å². The number of benzene rings is 1. The number of rotatable bonds is 3. The van der Waals surface area contributed by atoms with Gasteiger partial charge in [0.1, 0.15) is 6.04 Å². The van der Waals surface area contributed by atoms with Crippen LogP contribution < -0.4 is 10.2 Å². The molecule has 118 valence electrons. The van der Waals surface area contributed by atoms with E-state index in [-0.39, 0.29) is 11.5 Å². The maximum Gasteiger partial charge on any atom is 0.252 e. The monoisotopic (exact) mass is 313 g/mol. The van der Waals surface area contributed by atoms with Gasteiger partial charge in [-0.1, -0.05) is 17.7 Å². The van der Waals surface area contributed by atoms with Crippen LogP contribution in [0.25, 0.3) is 0 Å². The Morgan fingerprint density at radius 3 is 2.74 bits per heavy atom. The van der Waals surface area contributed by atoms with E-state index >= 15 is 0 Å². The quantitative estimate of drug-likeness (QED) is 0.882. The molecule has 0 aliphatic carbocycles. The van der Waals surface area contributed by atoms with E-state index in [2.05, 4.69) is 10.3 Å². The van der Waals surface area contributed by atoms with Gasteiger partial charge in [0.25, 0.3) is 5.91 Å². The Kier molecular flexibility index (Phi) is 4.06. The average Bonchev–Trinajstić information content (AvgIpc) is 2.89. The van der Waals surface area contributed by atoms with Gasteiger partial charge >= 0.3 is 0 Å². The van der Waals surface area contributed by atoms with E-state index in [1.54, 1.807) is 4.90 Å². The molecule has 1 fully saturated rings. The minimum absolute atomic E-state index is 0.152. The van der Waals surface area contributed by atoms with Crippen LogP contribution in [-0.4, -0.2) is 29.4 Å². The lowest BCUT2D eigenvalue weighted by molar-refractivity contribution is -0.118. The van der Waals surface area contributed by atoms with Crippen molar-refractivity contribution < 1.29 is 14.0 Å². The van der Waals surface area contributed by atoms with E-state index in [1.807, 2.05) is 31.2 Å². The van der Waals surface area contributed by atoms with Crippen molar-refractivity contribution in [2.45, 2.75) is 19.4 Å². The second-order valence-electron chi connectivity index (χ2n) is 5.51. The summed E-state index contributed by atoms with van der Waals surface area (Å²) < 4.78 is 13.1. The third-order valence-corrected chi connectivity index (χ3v) is 3.85. The number of hydrogen-bond donors (Lipinski definition) is 1. The van der Waals surface area contributed by atoms with E-state index in [1.165, 1.54) is 12.3 Å². The topological polar surface area (TPSA) is 62.3 Å². The highest BCUT2D eigenvalue weighted by molar-refractivity contribution is 6.03. The molecular formula is C17H16FN3O2. The molecule has 0 radical (unpaired) electrons. The standard InChI is InChI=1S/C17H16FN3O2/c1-11-2-4-13(5-3-11)21-9-7-14(17(21)23)20-16(22)12-6-8-19-15(18)10-12/h2-6,8,10,14H,7,9H2,1H3,(H,20,22)/t14-/m1/s1. The summed E-state index contributed by atoms with van der Waals surface area (Å²) in [5, 5.41) is 2.66. The van der Waals surface area contributed by atoms with E-state index in [4.69, 9.17) is 0 Å². The Balaban J connectivity index is 1.69. The van der Waals surface area contributed by atoms with Gasteiger partial charge in [-0.2, -0.15) is 4.39 Å². The Labute approximate surface area is 133 Å². The lowest BCUT2D eigenvalue weighted by Gasteiger charge is -2.17. The maximum atomic E-state index is 13.1. The van der Waals surface area contributed by atoms with Gasteiger partial charge in [0, 0.05) is 30.1 Å². The van der Waals surface area contributed by atoms with Crippen LogP contribution in [0.5, 0.6) is 0 Å². The number of pyridine rings is 1. The minimum Gasteiger partial charge on any atom is -0.340 e. The van der Waals surface area contributed by atoms with Gasteiger partial charge in [-0.15, -0.1) is 0 Å². The molecule has 1 atom stereocenters. The minimum atomic E-state index is -0.725. The number of nitrogens with zero attached hydrogens (tertiary/aromatic N) is 2. The second-order valence-corrected chi connectivity index (χ2v) is 5.51. The smallest absolute Gasteiger partial charge is 0.252 e. The molecule has 1 aliphatic heterocycles. The number of aryl methyl sites for hydroxylation is 1. The molecule has 0 saturated carbocycles. The summed E-state index contributed by atoms with van der Waals surface area (Å²) in [5.74, 6) is -1.36. The number of carbonyl (C=O) groups excluding carboxylic acids is 2. The number of hydrogen-bond acceptors (Lipinski definition) is 3. The lowest BCUT2D eigenvalue weighted by Crippen LogP contribution is -2.41. The molecule has 1 saturated heterocycles. The normalized spacial score (nSPS) is 17.4. The summed E-state index contributed by atoms with van der Waals surface area (Å²) in [6.07, 6.45) is 1.74. The average molecular weight is 313 g/mol. The van der Waals surface area contributed by atoms with Crippen molar-refractivity contribution in [2.24, 2.45) is 0 Å². The van der Waals surface area contributed by atoms with Gasteiger partial charge in [0.2, 0.25) is 11.9 Å². The van der Waals surface area contributed by atoms with Crippen molar-refractivity contribution in [3.8, 4) is 0 Å². The molecule has 0 spiro atoms. The largest absolute Gasteiger partial charge is 0.340 e. The molecule has 0 unspecified atom stereocenters. The van der Waals surface area contributed by atoms with Crippen molar-refractivity contribution in [2.75, 3.05) is 11.4 Å². The molecular weight excluding hydrogens is 297 g/mol. The summed E-state index contributed by atoms with van der Waals surface area (Å²) in [6.45, 7) is 2.52. The molecule has 23 heavy (non-hydrogen) atoms. The molecule has 1 aromatic heterocycles. The number of amides is 2. The molecule has 6 heteroatoms. The molecule has 2 aromatic rings. The Morgan fingerprint density at radius 1 is 1.30 bits per heavy atom. The fraction of sp³-hybridized carbons (Fsp3) is 0.235. The van der Waals surface area contributed by atoms with Gasteiger partial charge in [-0.3, -0.25) is 9.59 Å². The fourth-order valence-corrected chi connectivity index (χ4v) is 2.58. The Bertz CT molecular complexity index is 746. The fourth-order valence-electron chi connectivity index (χ4n) is 2.58. The van der Waals surface area contributed by atoms with Gasteiger partial charge in [0.05, 0.1) is 0 Å². The molecule has 0 bridgehead atoms. The number of halogens is 1. The van der Waals surface area contributed by atoms with Crippen LogP contribution in [-0.2, 0) is 4.79 Å². The van der Waals surface area contributed by atoms with Crippen molar-refractivity contribution in [3.63, 3.8) is 0 Å². The van der Waals surface area contributed by atoms with Crippen LogP contribution in [0.2, 0.25) is 0 Å². The zero-order chi connectivity index (χ0) is 16.4. The first-order valence-electron chi connectivity index (χ1n) is 7.35. The first-order valence-corrected chi connectivity index (χ1v) is 7.35. The molecule has 1 N–H and O–H groups in total. The molecule has 2 heterocycles. The Morgan fingerprint density at radius 2 is 2.04 bits per heavy atom. The van der Waals surface area contributed by atoms with E-state index in [9.17, 15) is 14.0 Å². The summed E-state index contributed by atoms with van der Waals surface area (Å²) in [6, 6.07) is 9.51. The summed E-state index contributed by atoms with van der Waals surface area (Å²) in [4.78, 5) is 29.6. The van der Waals surface area contributed by atoms with Crippen molar-refractivity contribution in [1.29, 1.82) is 0 Å². The van der Waals surface area contributed by atoms with Crippen molar-refractivity contribution in [1.82, 2.24) is 10.3 Å². The van der Waals surface area contributed by atoms with Crippen LogP contribution in [0, 0.1) is 12.9 Å². The predicted molar refractivity (Wildman–Crippen MR) is 83.6 cm³/mol. The SMILES string of the molecule is Cc1ccc(N2CC[C@@H](NC(=O)c3ccnc(F)c3)C2=O)cc1. The number of aromatic nitrogens is 1. The zero-order valence-corrected chi connectivity index (χ0v) is 12.6. The number of anilines is 1. The Hall–Kier alpha value is -2.76. The highest BCUT2D eigenvalue weighted by Crippen LogP contribution is 2.22. The van der Waals surface area contributed by atoms with Crippen molar-refractivity contribution in [3.05, 3.63) is 59.7 Å². The molecule has 1 aliphatic rings. The van der Waals surface area contributed by atoms with E-state index < -0.39 is 17.9 Å². The number of carbonyl (C=O) groups is 2. The lowest BCUT2D eigenvalue weighted by atomic mass is 10.2. The highest BCUT2D eigenvalue weighted by Gasteiger charge is 2.33. The third kappa shape index (κ3) is 3.21. The first-order chi connectivity index (χ1) is 11.0. The summed E-state index contributed by atoms with van der Waals surface area (Å²) >= 11 is 0. The van der Waals surface area contributed by atoms with Crippen molar-refractivity contribution >= 4 is 17.5 Å². The van der Waals surface area contributed by atoms with E-state index in [0.717, 1.165) is 17.3 Å². The van der Waals surface area contributed by atoms with Crippen LogP contribution in [0.1, 0.15) is 22.3 Å². The van der Waals surface area contributed by atoms with Crippen LogP contribution in [0.15, 0.2) is 42.6 Å². The van der Waals surface area contributed by atoms with Crippen LogP contribution in [0.4, 0.5) is 10.1 Å². The second kappa shape index (κ2) is 6.16. The molecule has 3 rings (SSSR count). The van der Waals surface area contributed by atoms with Gasteiger partial charge in [-0.05, 0) is 31.5 Å². The first kappa shape index (κ1) is 15.1. The maximum absolute atomic E-state index is 13.1. The van der Waals surface area contributed by atoms with Crippen LogP contribution >= 0.6 is 0 Å². The van der Waals surface area contributed by atoms with Crippen LogP contribution in [0.3, 0.4) is 0 Å². The summed E-state index contributed by atoms with van der Waals surface area (Å²) in [7, 11) is 0. The molecule has 2 amide bonds. The van der Waals surface area contributed by atoms with E-state index in [0.29, 0.717) is 13.0 Å².